The molecular formula is C18H20ClN3O2. The predicted octanol–water partition coefficient (Wildman–Crippen LogP) is 1.96. The van der Waals surface area contributed by atoms with Crippen LogP contribution in [0.15, 0.2) is 54.6 Å². The van der Waals surface area contributed by atoms with E-state index in [2.05, 4.69) is 5.32 Å². The second-order valence-corrected chi connectivity index (χ2v) is 6.04. The average molecular weight is 346 g/mol. The summed E-state index contributed by atoms with van der Waals surface area (Å²) in [7, 11) is 1.67. The molecule has 0 aromatic heterocycles. The van der Waals surface area contributed by atoms with Crippen molar-refractivity contribution in [3.8, 4) is 0 Å². The first-order valence-corrected chi connectivity index (χ1v) is 7.90. The smallest absolute Gasteiger partial charge is 0.234 e. The molecule has 0 spiro atoms. The van der Waals surface area contributed by atoms with E-state index in [0.717, 1.165) is 11.1 Å². The molecule has 2 amide bonds. The van der Waals surface area contributed by atoms with Gasteiger partial charge in [0.2, 0.25) is 11.8 Å². The fraction of sp³-hybridized carbons (Fsp3) is 0.222. The Kier molecular flexibility index (Phi) is 6.35. The molecule has 2 aromatic rings. The number of benzene rings is 2. The van der Waals surface area contributed by atoms with Gasteiger partial charge in [0.15, 0.2) is 0 Å². The fourth-order valence-electron chi connectivity index (χ4n) is 2.46. The molecule has 0 saturated heterocycles. The second kappa shape index (κ2) is 8.47. The quantitative estimate of drug-likeness (QED) is 0.805. The van der Waals surface area contributed by atoms with Crippen molar-refractivity contribution < 1.29 is 9.59 Å². The number of rotatable bonds is 7. The highest BCUT2D eigenvalue weighted by Crippen LogP contribution is 2.24. The van der Waals surface area contributed by atoms with E-state index < -0.39 is 5.91 Å². The Balaban J connectivity index is 2.18. The Bertz CT molecular complexity index is 706. The van der Waals surface area contributed by atoms with Gasteiger partial charge in [-0.25, -0.2) is 0 Å². The zero-order valence-electron chi connectivity index (χ0n) is 13.4. The van der Waals surface area contributed by atoms with Crippen molar-refractivity contribution in [2.45, 2.75) is 6.04 Å². The van der Waals surface area contributed by atoms with E-state index in [-0.39, 0.29) is 25.0 Å². The van der Waals surface area contributed by atoms with Crippen molar-refractivity contribution in [2.24, 2.45) is 5.73 Å². The Morgan fingerprint density at radius 2 is 1.75 bits per heavy atom. The Labute approximate surface area is 146 Å². The maximum absolute atomic E-state index is 12.3. The molecule has 3 N–H and O–H groups in total. The number of carbonyl (C=O) groups is 2. The minimum absolute atomic E-state index is 0.0284. The van der Waals surface area contributed by atoms with E-state index in [1.54, 1.807) is 18.0 Å². The molecule has 0 aliphatic rings. The van der Waals surface area contributed by atoms with Crippen LogP contribution >= 0.6 is 11.6 Å². The maximum Gasteiger partial charge on any atom is 0.234 e. The minimum atomic E-state index is -0.472. The summed E-state index contributed by atoms with van der Waals surface area (Å²) in [5.41, 5.74) is 6.98. The highest BCUT2D eigenvalue weighted by atomic mass is 35.5. The van der Waals surface area contributed by atoms with Crippen LogP contribution < -0.4 is 11.1 Å². The molecule has 0 bridgehead atoms. The molecule has 6 heteroatoms. The standard InChI is InChI=1S/C18H20ClN3O2/c1-22(11-16(20)23)12-17(24)21-18(13-6-3-2-4-7-13)14-8-5-9-15(19)10-14/h2-10,18H,11-12H2,1H3,(H2,20,23)(H,21,24). The molecule has 0 aliphatic heterocycles. The summed E-state index contributed by atoms with van der Waals surface area (Å²) >= 11 is 6.08. The Morgan fingerprint density at radius 1 is 1.08 bits per heavy atom. The normalized spacial score (nSPS) is 12.0. The number of carbonyl (C=O) groups excluding carboxylic acids is 2. The van der Waals surface area contributed by atoms with E-state index in [0.29, 0.717) is 5.02 Å². The molecule has 0 saturated carbocycles. The predicted molar refractivity (Wildman–Crippen MR) is 94.6 cm³/mol. The van der Waals surface area contributed by atoms with Crippen molar-refractivity contribution in [2.75, 3.05) is 20.1 Å². The lowest BCUT2D eigenvalue weighted by Crippen LogP contribution is -2.40. The van der Waals surface area contributed by atoms with E-state index in [1.807, 2.05) is 48.5 Å². The minimum Gasteiger partial charge on any atom is -0.369 e. The largest absolute Gasteiger partial charge is 0.369 e. The SMILES string of the molecule is CN(CC(N)=O)CC(=O)NC(c1ccccc1)c1cccc(Cl)c1. The number of likely N-dealkylation sites (N-methyl/N-ethyl adjacent to an activating group) is 1. The molecule has 0 heterocycles. The molecule has 24 heavy (non-hydrogen) atoms. The Hall–Kier alpha value is -2.37. The van der Waals surface area contributed by atoms with Crippen LogP contribution in [0.2, 0.25) is 5.02 Å². The maximum atomic E-state index is 12.3. The highest BCUT2D eigenvalue weighted by Gasteiger charge is 2.18. The zero-order chi connectivity index (χ0) is 17.5. The molecule has 1 unspecified atom stereocenters. The lowest BCUT2D eigenvalue weighted by Gasteiger charge is -2.22. The van der Waals surface area contributed by atoms with E-state index in [9.17, 15) is 9.59 Å². The summed E-state index contributed by atoms with van der Waals surface area (Å²) < 4.78 is 0. The number of nitrogens with zero attached hydrogens (tertiary/aromatic N) is 1. The topological polar surface area (TPSA) is 75.4 Å². The van der Waals surface area contributed by atoms with Gasteiger partial charge in [-0.05, 0) is 30.3 Å². The number of nitrogens with two attached hydrogens (primary N) is 1. The summed E-state index contributed by atoms with van der Waals surface area (Å²) in [4.78, 5) is 24.8. The summed E-state index contributed by atoms with van der Waals surface area (Å²) in [5, 5.41) is 3.59. The van der Waals surface area contributed by atoms with Crippen molar-refractivity contribution in [1.82, 2.24) is 10.2 Å². The van der Waals surface area contributed by atoms with Gasteiger partial charge in [0.05, 0.1) is 19.1 Å². The van der Waals surface area contributed by atoms with Gasteiger partial charge in [0.25, 0.3) is 0 Å². The summed E-state index contributed by atoms with van der Waals surface area (Å²) in [5.74, 6) is -0.674. The van der Waals surface area contributed by atoms with E-state index in [4.69, 9.17) is 17.3 Å². The van der Waals surface area contributed by atoms with Crippen LogP contribution in [0.3, 0.4) is 0 Å². The first kappa shape index (κ1) is 18.0. The average Bonchev–Trinajstić information content (AvgIpc) is 2.52. The van der Waals surface area contributed by atoms with Crippen molar-refractivity contribution in [3.63, 3.8) is 0 Å². The van der Waals surface area contributed by atoms with Gasteiger partial charge in [-0.2, -0.15) is 0 Å². The fourth-order valence-corrected chi connectivity index (χ4v) is 2.66. The summed E-state index contributed by atoms with van der Waals surface area (Å²) in [6.07, 6.45) is 0. The number of hydrogen-bond donors (Lipinski definition) is 2. The van der Waals surface area contributed by atoms with Crippen LogP contribution in [-0.4, -0.2) is 36.9 Å². The van der Waals surface area contributed by atoms with Gasteiger partial charge in [-0.15, -0.1) is 0 Å². The van der Waals surface area contributed by atoms with Gasteiger partial charge < -0.3 is 11.1 Å². The van der Waals surface area contributed by atoms with E-state index in [1.165, 1.54) is 0 Å². The lowest BCUT2D eigenvalue weighted by molar-refractivity contribution is -0.123. The van der Waals surface area contributed by atoms with Crippen LogP contribution in [-0.2, 0) is 9.59 Å². The molecule has 2 rings (SSSR count). The van der Waals surface area contributed by atoms with Crippen LogP contribution in [0.4, 0.5) is 0 Å². The van der Waals surface area contributed by atoms with Crippen LogP contribution in [0, 0.1) is 0 Å². The number of halogens is 1. The zero-order valence-corrected chi connectivity index (χ0v) is 14.2. The van der Waals surface area contributed by atoms with Crippen molar-refractivity contribution in [1.29, 1.82) is 0 Å². The molecule has 2 aromatic carbocycles. The molecule has 0 radical (unpaired) electrons. The first-order chi connectivity index (χ1) is 11.5. The molecule has 5 nitrogen and oxygen atoms in total. The van der Waals surface area contributed by atoms with Crippen LogP contribution in [0.1, 0.15) is 17.2 Å². The third-order valence-corrected chi connectivity index (χ3v) is 3.69. The number of hydrogen-bond acceptors (Lipinski definition) is 3. The number of amides is 2. The van der Waals surface area contributed by atoms with Crippen molar-refractivity contribution >= 4 is 23.4 Å². The molecule has 0 aliphatic carbocycles. The number of nitrogens with one attached hydrogen (secondary N) is 1. The van der Waals surface area contributed by atoms with Gasteiger partial charge in [0, 0.05) is 5.02 Å². The monoisotopic (exact) mass is 345 g/mol. The molecule has 126 valence electrons. The third kappa shape index (κ3) is 5.37. The van der Waals surface area contributed by atoms with Gasteiger partial charge in [-0.1, -0.05) is 54.1 Å². The van der Waals surface area contributed by atoms with Gasteiger partial charge in [0.1, 0.15) is 0 Å². The highest BCUT2D eigenvalue weighted by molar-refractivity contribution is 6.30. The Morgan fingerprint density at radius 3 is 2.38 bits per heavy atom. The van der Waals surface area contributed by atoms with Crippen LogP contribution in [0.25, 0.3) is 0 Å². The number of primary amides is 1. The molecular weight excluding hydrogens is 326 g/mol. The molecule has 1 atom stereocenters. The molecule has 0 fully saturated rings. The van der Waals surface area contributed by atoms with Crippen LogP contribution in [0.5, 0.6) is 0 Å². The first-order valence-electron chi connectivity index (χ1n) is 7.52. The van der Waals surface area contributed by atoms with Gasteiger partial charge in [-0.3, -0.25) is 14.5 Å². The third-order valence-electron chi connectivity index (χ3n) is 3.46. The summed E-state index contributed by atoms with van der Waals surface area (Å²) in [6.45, 7) is 0.105. The van der Waals surface area contributed by atoms with Gasteiger partial charge >= 0.3 is 0 Å². The summed E-state index contributed by atoms with van der Waals surface area (Å²) in [6, 6.07) is 16.7. The van der Waals surface area contributed by atoms with E-state index >= 15 is 0 Å². The lowest BCUT2D eigenvalue weighted by atomic mass is 9.98. The van der Waals surface area contributed by atoms with Crippen molar-refractivity contribution in [3.05, 3.63) is 70.7 Å². The second-order valence-electron chi connectivity index (χ2n) is 5.60.